The predicted octanol–water partition coefficient (Wildman–Crippen LogP) is 1.66. The molecule has 3 heterocycles. The second-order valence-electron chi connectivity index (χ2n) is 4.76. The minimum Gasteiger partial charge on any atom is -0.483 e. The minimum atomic E-state index is -0.250. The highest BCUT2D eigenvalue weighted by molar-refractivity contribution is 7.13. The summed E-state index contributed by atoms with van der Waals surface area (Å²) in [4.78, 5) is 19.5. The second-order valence-corrected chi connectivity index (χ2v) is 5.66. The molecule has 0 saturated carbocycles. The molecule has 0 aliphatic carbocycles. The van der Waals surface area contributed by atoms with Crippen molar-refractivity contribution in [3.63, 3.8) is 0 Å². The van der Waals surface area contributed by atoms with Gasteiger partial charge in [0, 0.05) is 37.1 Å². The van der Waals surface area contributed by atoms with Crippen LogP contribution >= 0.6 is 11.3 Å². The Bertz CT molecular complexity index is 526. The third-order valence-electron chi connectivity index (χ3n) is 3.28. The maximum atomic E-state index is 8.36. The van der Waals surface area contributed by atoms with Crippen molar-refractivity contribution in [3.8, 4) is 10.8 Å². The van der Waals surface area contributed by atoms with Crippen LogP contribution in [0.5, 0.6) is 0 Å². The van der Waals surface area contributed by atoms with Crippen molar-refractivity contribution in [3.05, 3.63) is 24.0 Å². The summed E-state index contributed by atoms with van der Waals surface area (Å²) in [5.74, 6) is 1.75. The van der Waals surface area contributed by atoms with Gasteiger partial charge in [-0.3, -0.25) is 4.79 Å². The fourth-order valence-corrected chi connectivity index (χ4v) is 3.09. The number of nitrogens with zero attached hydrogens (tertiary/aromatic N) is 4. The van der Waals surface area contributed by atoms with Gasteiger partial charge in [0.2, 0.25) is 0 Å². The summed E-state index contributed by atoms with van der Waals surface area (Å²) < 4.78 is 2.24. The molecule has 7 heteroatoms. The van der Waals surface area contributed by atoms with Crippen LogP contribution < -0.4 is 0 Å². The van der Waals surface area contributed by atoms with E-state index >= 15 is 0 Å². The van der Waals surface area contributed by atoms with Crippen LogP contribution in [0.2, 0.25) is 0 Å². The van der Waals surface area contributed by atoms with E-state index in [4.69, 9.17) is 9.90 Å². The normalized spacial score (nSPS) is 18.6. The molecular formula is C13H18N4O2S. The van der Waals surface area contributed by atoms with Crippen LogP contribution in [-0.2, 0) is 11.3 Å². The number of rotatable bonds is 3. The Kier molecular flexibility index (Phi) is 5.25. The molecule has 3 rings (SSSR count). The van der Waals surface area contributed by atoms with Gasteiger partial charge in [0.15, 0.2) is 10.8 Å². The van der Waals surface area contributed by atoms with E-state index in [1.54, 1.807) is 11.3 Å². The minimum absolute atomic E-state index is 0.250. The molecule has 1 atom stereocenters. The Morgan fingerprint density at radius 2 is 2.30 bits per heavy atom. The van der Waals surface area contributed by atoms with Gasteiger partial charge in [-0.15, -0.1) is 11.3 Å². The summed E-state index contributed by atoms with van der Waals surface area (Å²) >= 11 is 1.65. The Morgan fingerprint density at radius 3 is 2.90 bits per heavy atom. The van der Waals surface area contributed by atoms with Crippen LogP contribution in [0.3, 0.4) is 0 Å². The van der Waals surface area contributed by atoms with Gasteiger partial charge >= 0.3 is 0 Å². The van der Waals surface area contributed by atoms with Crippen molar-refractivity contribution in [1.29, 1.82) is 0 Å². The number of thiazole rings is 1. The molecule has 0 spiro atoms. The number of hydrogen-bond donors (Lipinski definition) is 1. The number of carboxylic acid groups (broad SMARTS) is 1. The molecule has 1 saturated heterocycles. The quantitative estimate of drug-likeness (QED) is 0.872. The zero-order chi connectivity index (χ0) is 14.4. The molecule has 1 fully saturated rings. The molecule has 2 aromatic heterocycles. The van der Waals surface area contributed by atoms with Crippen LogP contribution in [0.4, 0.5) is 0 Å². The molecular weight excluding hydrogens is 276 g/mol. The SMILES string of the molecule is CN1CCC(Cn2ccnc2-c2nccs2)C1.O=CO. The van der Waals surface area contributed by atoms with E-state index in [0.717, 1.165) is 23.3 Å². The molecule has 0 amide bonds. The lowest BCUT2D eigenvalue weighted by atomic mass is 10.1. The van der Waals surface area contributed by atoms with Crippen molar-refractivity contribution >= 4 is 17.8 Å². The van der Waals surface area contributed by atoms with Crippen LogP contribution in [0.25, 0.3) is 10.8 Å². The summed E-state index contributed by atoms with van der Waals surface area (Å²) in [6, 6.07) is 0. The first kappa shape index (κ1) is 14.7. The summed E-state index contributed by atoms with van der Waals surface area (Å²) in [6.07, 6.45) is 7.05. The lowest BCUT2D eigenvalue weighted by molar-refractivity contribution is -0.122. The van der Waals surface area contributed by atoms with E-state index in [-0.39, 0.29) is 6.47 Å². The highest BCUT2D eigenvalue weighted by Gasteiger charge is 2.21. The fraction of sp³-hybridized carbons (Fsp3) is 0.462. The molecule has 1 aliphatic rings. The van der Waals surface area contributed by atoms with Gasteiger partial charge in [0.1, 0.15) is 0 Å². The Labute approximate surface area is 121 Å². The van der Waals surface area contributed by atoms with Crippen molar-refractivity contribution in [2.45, 2.75) is 13.0 Å². The third kappa shape index (κ3) is 3.64. The molecule has 0 bridgehead atoms. The predicted molar refractivity (Wildman–Crippen MR) is 77.6 cm³/mol. The average Bonchev–Trinajstić information content (AvgIpc) is 3.12. The largest absolute Gasteiger partial charge is 0.483 e. The van der Waals surface area contributed by atoms with Gasteiger partial charge in [0.25, 0.3) is 6.47 Å². The van der Waals surface area contributed by atoms with Gasteiger partial charge in [-0.25, -0.2) is 9.97 Å². The van der Waals surface area contributed by atoms with E-state index in [1.807, 2.05) is 17.8 Å². The van der Waals surface area contributed by atoms with Gasteiger partial charge in [-0.05, 0) is 25.9 Å². The first-order chi connectivity index (χ1) is 9.74. The van der Waals surface area contributed by atoms with E-state index in [1.165, 1.54) is 19.5 Å². The van der Waals surface area contributed by atoms with Gasteiger partial charge in [-0.2, -0.15) is 0 Å². The second kappa shape index (κ2) is 7.16. The zero-order valence-corrected chi connectivity index (χ0v) is 12.2. The highest BCUT2D eigenvalue weighted by Crippen LogP contribution is 2.23. The molecule has 108 valence electrons. The van der Waals surface area contributed by atoms with Crippen molar-refractivity contribution in [2.24, 2.45) is 5.92 Å². The van der Waals surface area contributed by atoms with Gasteiger partial charge in [0.05, 0.1) is 0 Å². The maximum Gasteiger partial charge on any atom is 0.290 e. The molecule has 0 aromatic carbocycles. The Balaban J connectivity index is 0.000000452. The summed E-state index contributed by atoms with van der Waals surface area (Å²) in [5, 5.41) is 9.90. The van der Waals surface area contributed by atoms with E-state index < -0.39 is 0 Å². The first-order valence-corrected chi connectivity index (χ1v) is 7.30. The number of aromatic nitrogens is 3. The van der Waals surface area contributed by atoms with Crippen LogP contribution in [0.15, 0.2) is 24.0 Å². The Hall–Kier alpha value is -1.73. The summed E-state index contributed by atoms with van der Waals surface area (Å²) in [7, 11) is 2.19. The smallest absolute Gasteiger partial charge is 0.290 e. The molecule has 1 unspecified atom stereocenters. The van der Waals surface area contributed by atoms with E-state index in [0.29, 0.717) is 0 Å². The monoisotopic (exact) mass is 294 g/mol. The topological polar surface area (TPSA) is 71.2 Å². The first-order valence-electron chi connectivity index (χ1n) is 6.42. The molecule has 6 nitrogen and oxygen atoms in total. The van der Waals surface area contributed by atoms with Crippen LogP contribution in [-0.4, -0.2) is 51.2 Å². The lowest BCUT2D eigenvalue weighted by Crippen LogP contribution is -2.17. The van der Waals surface area contributed by atoms with Crippen LogP contribution in [0, 0.1) is 5.92 Å². The Morgan fingerprint density at radius 1 is 1.50 bits per heavy atom. The standard InChI is InChI=1S/C12H16N4S.CH2O2/c1-15-5-2-10(8-15)9-16-6-3-13-11(16)12-14-4-7-17-12;2-1-3/h3-4,6-7,10H,2,5,8-9H2,1H3;1H,(H,2,3). The fourth-order valence-electron chi connectivity index (χ4n) is 2.44. The summed E-state index contributed by atoms with van der Waals surface area (Å²) in [5.41, 5.74) is 0. The highest BCUT2D eigenvalue weighted by atomic mass is 32.1. The van der Waals surface area contributed by atoms with Crippen molar-refractivity contribution in [2.75, 3.05) is 20.1 Å². The van der Waals surface area contributed by atoms with E-state index in [2.05, 4.69) is 32.7 Å². The molecule has 1 aliphatic heterocycles. The maximum absolute atomic E-state index is 8.36. The number of hydrogen-bond acceptors (Lipinski definition) is 5. The molecule has 20 heavy (non-hydrogen) atoms. The summed E-state index contributed by atoms with van der Waals surface area (Å²) in [6.45, 7) is 3.21. The van der Waals surface area contributed by atoms with Crippen LogP contribution in [0.1, 0.15) is 6.42 Å². The lowest BCUT2D eigenvalue weighted by Gasteiger charge is -2.12. The molecule has 2 aromatic rings. The van der Waals surface area contributed by atoms with E-state index in [9.17, 15) is 0 Å². The van der Waals surface area contributed by atoms with Crippen molar-refractivity contribution in [1.82, 2.24) is 19.4 Å². The average molecular weight is 294 g/mol. The third-order valence-corrected chi connectivity index (χ3v) is 4.05. The van der Waals surface area contributed by atoms with Gasteiger partial charge < -0.3 is 14.6 Å². The number of likely N-dealkylation sites (tertiary alicyclic amines) is 1. The number of imidazole rings is 1. The number of carbonyl (C=O) groups is 1. The molecule has 1 N–H and O–H groups in total. The molecule has 0 radical (unpaired) electrons. The van der Waals surface area contributed by atoms with Crippen molar-refractivity contribution < 1.29 is 9.90 Å². The van der Waals surface area contributed by atoms with Gasteiger partial charge in [-0.1, -0.05) is 0 Å². The zero-order valence-electron chi connectivity index (χ0n) is 11.3.